The van der Waals surface area contributed by atoms with Crippen LogP contribution in [0.2, 0.25) is 23.2 Å². The Bertz CT molecular complexity index is 675. The minimum absolute atomic E-state index is 0.0614. The van der Waals surface area contributed by atoms with Gasteiger partial charge in [-0.2, -0.15) is 4.40 Å². The molecule has 26 heavy (non-hydrogen) atoms. The van der Waals surface area contributed by atoms with Gasteiger partial charge in [0, 0.05) is 5.02 Å². The molecule has 0 aliphatic heterocycles. The van der Waals surface area contributed by atoms with Gasteiger partial charge in [-0.25, -0.2) is 4.21 Å². The Morgan fingerprint density at radius 3 is 2.23 bits per heavy atom. The Kier molecular flexibility index (Phi) is 7.86. The van der Waals surface area contributed by atoms with Crippen molar-refractivity contribution in [3.63, 3.8) is 0 Å². The SMILES string of the molecule is CCC(=NS(=O)C(C)(C)C)[C@@H](O[Si](C)(C)C(C)(C)C)c1cccc(Cl)c1. The molecule has 0 radical (unpaired) electrons. The van der Waals surface area contributed by atoms with Crippen LogP contribution in [0.3, 0.4) is 0 Å². The minimum atomic E-state index is -2.07. The minimum Gasteiger partial charge on any atom is -0.405 e. The predicted octanol–water partition coefficient (Wildman–Crippen LogP) is 6.72. The van der Waals surface area contributed by atoms with Gasteiger partial charge in [0.15, 0.2) is 8.32 Å². The van der Waals surface area contributed by atoms with E-state index in [4.69, 9.17) is 16.0 Å². The summed E-state index contributed by atoms with van der Waals surface area (Å²) in [6.45, 7) is 18.9. The lowest BCUT2D eigenvalue weighted by atomic mass is 10.0. The van der Waals surface area contributed by atoms with Crippen LogP contribution in [0.5, 0.6) is 0 Å². The molecule has 1 rings (SSSR count). The number of hydrogen-bond donors (Lipinski definition) is 0. The highest BCUT2D eigenvalue weighted by Crippen LogP contribution is 2.40. The zero-order valence-electron chi connectivity index (χ0n) is 17.6. The molecule has 1 unspecified atom stereocenters. The van der Waals surface area contributed by atoms with Crippen LogP contribution in [-0.2, 0) is 15.4 Å². The fourth-order valence-corrected chi connectivity index (χ4v) is 4.14. The summed E-state index contributed by atoms with van der Waals surface area (Å²) in [6.07, 6.45) is 0.346. The van der Waals surface area contributed by atoms with Crippen LogP contribution in [0.25, 0.3) is 0 Å². The molecule has 0 aromatic heterocycles. The molecule has 0 fully saturated rings. The number of hydrogen-bond acceptors (Lipinski definition) is 2. The van der Waals surface area contributed by atoms with E-state index in [1.165, 1.54) is 0 Å². The van der Waals surface area contributed by atoms with E-state index in [9.17, 15) is 4.21 Å². The molecule has 0 N–H and O–H groups in total. The predicted molar refractivity (Wildman–Crippen MR) is 118 cm³/mol. The van der Waals surface area contributed by atoms with Crippen LogP contribution in [-0.4, -0.2) is 23.0 Å². The van der Waals surface area contributed by atoms with Crippen molar-refractivity contribution < 1.29 is 8.63 Å². The fraction of sp³-hybridized carbons (Fsp3) is 0.650. The Hall–Kier alpha value is -0.493. The summed E-state index contributed by atoms with van der Waals surface area (Å²) in [6, 6.07) is 7.71. The maximum Gasteiger partial charge on any atom is 0.193 e. The number of halogens is 1. The van der Waals surface area contributed by atoms with Gasteiger partial charge in [-0.15, -0.1) is 0 Å². The smallest absolute Gasteiger partial charge is 0.193 e. The maximum atomic E-state index is 12.7. The van der Waals surface area contributed by atoms with E-state index in [0.29, 0.717) is 11.4 Å². The van der Waals surface area contributed by atoms with E-state index in [-0.39, 0.29) is 11.1 Å². The van der Waals surface area contributed by atoms with Crippen molar-refractivity contribution in [2.24, 2.45) is 4.40 Å². The summed E-state index contributed by atoms with van der Waals surface area (Å²) in [5.41, 5.74) is 1.78. The maximum absolute atomic E-state index is 12.7. The average molecular weight is 416 g/mol. The first-order valence-electron chi connectivity index (χ1n) is 9.12. The van der Waals surface area contributed by atoms with Crippen molar-refractivity contribution in [1.82, 2.24) is 0 Å². The molecule has 2 atom stereocenters. The largest absolute Gasteiger partial charge is 0.405 e. The Labute approximate surface area is 168 Å². The van der Waals surface area contributed by atoms with Crippen LogP contribution in [0, 0.1) is 0 Å². The van der Waals surface area contributed by atoms with Gasteiger partial charge in [-0.1, -0.05) is 51.4 Å². The quantitative estimate of drug-likeness (QED) is 0.382. The Balaban J connectivity index is 3.44. The normalized spacial score (nSPS) is 16.5. The van der Waals surface area contributed by atoms with Gasteiger partial charge in [0.2, 0.25) is 0 Å². The summed E-state index contributed by atoms with van der Waals surface area (Å²) in [4.78, 5) is 0. The highest BCUT2D eigenvalue weighted by atomic mass is 35.5. The lowest BCUT2D eigenvalue weighted by molar-refractivity contribution is 0.244. The molecule has 0 heterocycles. The zero-order chi connectivity index (χ0) is 20.3. The molecular formula is C20H34ClNO2SSi. The molecule has 0 amide bonds. The lowest BCUT2D eigenvalue weighted by Gasteiger charge is -2.39. The molecular weight excluding hydrogens is 382 g/mol. The molecule has 148 valence electrons. The first-order valence-corrected chi connectivity index (χ1v) is 13.5. The molecule has 3 nitrogen and oxygen atoms in total. The zero-order valence-corrected chi connectivity index (χ0v) is 20.2. The van der Waals surface area contributed by atoms with E-state index in [1.54, 1.807) is 0 Å². The lowest BCUT2D eigenvalue weighted by Crippen LogP contribution is -2.43. The van der Waals surface area contributed by atoms with Crippen molar-refractivity contribution in [3.8, 4) is 0 Å². The van der Waals surface area contributed by atoms with E-state index in [0.717, 1.165) is 11.3 Å². The molecule has 1 aromatic carbocycles. The van der Waals surface area contributed by atoms with E-state index >= 15 is 0 Å². The van der Waals surface area contributed by atoms with E-state index in [1.807, 2.05) is 52.0 Å². The monoisotopic (exact) mass is 415 g/mol. The standard InChI is InChI=1S/C20H34ClNO2SSi/c1-10-17(22-25(23)19(2,3)4)18(15-12-11-13-16(21)14-15)24-26(8,9)20(5,6)7/h11-14,18H,10H2,1-9H3/t18-,25?/m0/s1. The van der Waals surface area contributed by atoms with Crippen molar-refractivity contribution >= 4 is 36.6 Å². The second-order valence-electron chi connectivity index (χ2n) is 9.11. The molecule has 0 saturated heterocycles. The molecule has 0 aliphatic carbocycles. The van der Waals surface area contributed by atoms with Crippen LogP contribution < -0.4 is 0 Å². The number of rotatable bonds is 6. The van der Waals surface area contributed by atoms with E-state index < -0.39 is 24.1 Å². The molecule has 0 spiro atoms. The first-order chi connectivity index (χ1) is 11.7. The van der Waals surface area contributed by atoms with Gasteiger partial charge in [0.05, 0.1) is 10.5 Å². The van der Waals surface area contributed by atoms with Gasteiger partial charge < -0.3 is 4.43 Å². The summed E-state index contributed by atoms with van der Waals surface area (Å²) in [7, 11) is -3.39. The van der Waals surface area contributed by atoms with Gasteiger partial charge in [0.1, 0.15) is 17.1 Å². The topological polar surface area (TPSA) is 38.7 Å². The molecule has 0 bridgehead atoms. The Morgan fingerprint density at radius 2 is 1.81 bits per heavy atom. The number of nitrogens with zero attached hydrogens (tertiary/aromatic N) is 1. The third kappa shape index (κ3) is 6.29. The second-order valence-corrected chi connectivity index (χ2v) is 16.2. The van der Waals surface area contributed by atoms with Crippen molar-refractivity contribution in [3.05, 3.63) is 34.9 Å². The van der Waals surface area contributed by atoms with Gasteiger partial charge >= 0.3 is 0 Å². The first kappa shape index (κ1) is 23.5. The summed E-state index contributed by atoms with van der Waals surface area (Å²) >= 11 is 6.23. The van der Waals surface area contributed by atoms with Gasteiger partial charge in [-0.05, 0) is 63.0 Å². The second kappa shape index (κ2) is 8.68. The highest BCUT2D eigenvalue weighted by molar-refractivity contribution is 7.85. The van der Waals surface area contributed by atoms with Crippen molar-refractivity contribution in [2.75, 3.05) is 0 Å². The van der Waals surface area contributed by atoms with Crippen molar-refractivity contribution in [1.29, 1.82) is 0 Å². The third-order valence-corrected chi connectivity index (χ3v) is 10.9. The summed E-state index contributed by atoms with van der Waals surface area (Å²) in [5.74, 6) is 0. The number of benzene rings is 1. The average Bonchev–Trinajstić information content (AvgIpc) is 2.48. The summed E-state index contributed by atoms with van der Waals surface area (Å²) < 4.78 is 23.6. The highest BCUT2D eigenvalue weighted by Gasteiger charge is 2.40. The molecule has 6 heteroatoms. The summed E-state index contributed by atoms with van der Waals surface area (Å²) in [5, 5.41) is 0.727. The van der Waals surface area contributed by atoms with Crippen LogP contribution in [0.1, 0.15) is 66.6 Å². The third-order valence-electron chi connectivity index (χ3n) is 4.76. The van der Waals surface area contributed by atoms with Crippen LogP contribution in [0.15, 0.2) is 28.7 Å². The van der Waals surface area contributed by atoms with Gasteiger partial charge in [-0.3, -0.25) is 0 Å². The molecule has 1 aromatic rings. The fourth-order valence-electron chi connectivity index (χ4n) is 2.01. The molecule has 0 saturated carbocycles. The molecule has 0 aliphatic rings. The Morgan fingerprint density at radius 1 is 1.23 bits per heavy atom. The van der Waals surface area contributed by atoms with E-state index in [2.05, 4.69) is 38.3 Å². The van der Waals surface area contributed by atoms with Gasteiger partial charge in [0.25, 0.3) is 0 Å². The van der Waals surface area contributed by atoms with Crippen LogP contribution in [0.4, 0.5) is 0 Å². The van der Waals surface area contributed by atoms with Crippen LogP contribution >= 0.6 is 11.6 Å². The van der Waals surface area contributed by atoms with Crippen molar-refractivity contribution in [2.45, 2.75) is 83.9 Å².